The van der Waals surface area contributed by atoms with Gasteiger partial charge in [-0.25, -0.2) is 0 Å². The van der Waals surface area contributed by atoms with Gasteiger partial charge in [0.2, 0.25) is 5.91 Å². The summed E-state index contributed by atoms with van der Waals surface area (Å²) in [7, 11) is 0. The minimum absolute atomic E-state index is 0.356. The third-order valence-electron chi connectivity index (χ3n) is 7.88. The van der Waals surface area contributed by atoms with Gasteiger partial charge in [-0.05, 0) is 57.8 Å². The Kier molecular flexibility index (Phi) is 29.4. The molecule has 0 radical (unpaired) electrons. The van der Waals surface area contributed by atoms with Crippen molar-refractivity contribution in [3.05, 3.63) is 24.3 Å². The molecule has 0 aliphatic heterocycles. The van der Waals surface area contributed by atoms with Gasteiger partial charge < -0.3 is 25.7 Å². The van der Waals surface area contributed by atoms with Crippen LogP contribution in [0.15, 0.2) is 24.3 Å². The van der Waals surface area contributed by atoms with Crippen LogP contribution in [-0.2, 0) is 4.79 Å². The first-order valence-electron chi connectivity index (χ1n) is 17.2. The monoisotopic (exact) mass is 582 g/mol. The molecule has 0 spiro atoms. The Labute approximate surface area is 253 Å². The van der Waals surface area contributed by atoms with Gasteiger partial charge in [0.05, 0.1) is 18.8 Å². The van der Waals surface area contributed by atoms with E-state index in [2.05, 4.69) is 43.5 Å². The van der Waals surface area contributed by atoms with E-state index in [9.17, 15) is 25.2 Å². The molecule has 0 fully saturated rings. The third kappa shape index (κ3) is 25.0. The van der Waals surface area contributed by atoms with Gasteiger partial charge in [0.1, 0.15) is 12.2 Å². The molecule has 0 heterocycles. The molecular formula is C35H67NO5. The average molecular weight is 582 g/mol. The number of rotatable bonds is 30. The van der Waals surface area contributed by atoms with Crippen molar-refractivity contribution in [2.75, 3.05) is 6.61 Å². The molecule has 0 aromatic rings. The smallest absolute Gasteiger partial charge is 0.249 e. The number of aliphatic hydroxyl groups is 4. The minimum atomic E-state index is -1.28. The standard InChI is InChI=1S/C35H67NO5/c1-3-5-7-9-11-12-13-14-15-16-17-18-19-20-21-23-25-27-29-33(39)35(41)36-31(30-37)34(40)32(38)28-26-24-22-10-8-6-4-2/h10,16-17,22,31-34,37-40H,3-9,11-15,18-21,23-30H2,1-2H3,(H,36,41)/b17-16-,22-10+. The molecule has 4 atom stereocenters. The number of allylic oxidation sites excluding steroid dienone is 4. The van der Waals surface area contributed by atoms with Crippen molar-refractivity contribution in [2.24, 2.45) is 0 Å². The summed E-state index contributed by atoms with van der Waals surface area (Å²) >= 11 is 0. The van der Waals surface area contributed by atoms with Crippen LogP contribution in [0.1, 0.15) is 162 Å². The SMILES string of the molecule is CCCC/C=C/CCCC(O)C(O)C(CO)NC(=O)C(O)CCCCCCCC/C=C\CCCCCCCCCC. The molecule has 0 aromatic heterocycles. The zero-order valence-electron chi connectivity index (χ0n) is 26.8. The first-order valence-corrected chi connectivity index (χ1v) is 17.2. The zero-order valence-corrected chi connectivity index (χ0v) is 26.8. The van der Waals surface area contributed by atoms with E-state index in [1.165, 1.54) is 83.5 Å². The highest BCUT2D eigenvalue weighted by molar-refractivity contribution is 5.80. The van der Waals surface area contributed by atoms with E-state index < -0.39 is 36.9 Å². The average Bonchev–Trinajstić information content (AvgIpc) is 2.98. The van der Waals surface area contributed by atoms with Crippen LogP contribution in [0.2, 0.25) is 0 Å². The van der Waals surface area contributed by atoms with Gasteiger partial charge >= 0.3 is 0 Å². The predicted octanol–water partition coefficient (Wildman–Crippen LogP) is 7.67. The van der Waals surface area contributed by atoms with E-state index in [0.717, 1.165) is 44.9 Å². The van der Waals surface area contributed by atoms with E-state index in [1.807, 2.05) is 0 Å². The van der Waals surface area contributed by atoms with E-state index >= 15 is 0 Å². The Hall–Kier alpha value is -1.21. The van der Waals surface area contributed by atoms with Crippen molar-refractivity contribution in [3.8, 4) is 0 Å². The number of carbonyl (C=O) groups is 1. The lowest BCUT2D eigenvalue weighted by atomic mass is 10.00. The molecule has 0 rings (SSSR count). The van der Waals surface area contributed by atoms with Gasteiger partial charge in [-0.3, -0.25) is 4.79 Å². The van der Waals surface area contributed by atoms with E-state index in [-0.39, 0.29) is 0 Å². The molecular weight excluding hydrogens is 514 g/mol. The summed E-state index contributed by atoms with van der Waals surface area (Å²) < 4.78 is 0. The summed E-state index contributed by atoms with van der Waals surface area (Å²) in [6.07, 6.45) is 30.8. The van der Waals surface area contributed by atoms with Gasteiger partial charge in [-0.2, -0.15) is 0 Å². The number of hydrogen-bond donors (Lipinski definition) is 5. The number of carbonyl (C=O) groups excluding carboxylic acids is 1. The molecule has 0 saturated carbocycles. The molecule has 0 bridgehead atoms. The number of nitrogens with one attached hydrogen (secondary N) is 1. The number of aliphatic hydroxyl groups excluding tert-OH is 4. The number of amides is 1. The van der Waals surface area contributed by atoms with Gasteiger partial charge in [0, 0.05) is 0 Å². The minimum Gasteiger partial charge on any atom is -0.394 e. The van der Waals surface area contributed by atoms with Crippen molar-refractivity contribution in [1.29, 1.82) is 0 Å². The lowest BCUT2D eigenvalue weighted by Crippen LogP contribution is -2.53. The molecule has 0 aliphatic carbocycles. The van der Waals surface area contributed by atoms with Crippen molar-refractivity contribution in [1.82, 2.24) is 5.32 Å². The fourth-order valence-corrected chi connectivity index (χ4v) is 5.03. The first kappa shape index (κ1) is 39.8. The van der Waals surface area contributed by atoms with Crippen LogP contribution in [-0.4, -0.2) is 57.3 Å². The van der Waals surface area contributed by atoms with Crippen molar-refractivity contribution >= 4 is 5.91 Å². The summed E-state index contributed by atoms with van der Waals surface area (Å²) in [4.78, 5) is 12.4. The second kappa shape index (κ2) is 30.3. The lowest BCUT2D eigenvalue weighted by Gasteiger charge is -2.27. The van der Waals surface area contributed by atoms with Crippen LogP contribution in [0.3, 0.4) is 0 Å². The maximum Gasteiger partial charge on any atom is 0.249 e. The first-order chi connectivity index (χ1) is 20.0. The van der Waals surface area contributed by atoms with Crippen molar-refractivity contribution in [3.63, 3.8) is 0 Å². The molecule has 1 amide bonds. The molecule has 6 heteroatoms. The van der Waals surface area contributed by atoms with Gasteiger partial charge in [0.25, 0.3) is 0 Å². The van der Waals surface area contributed by atoms with Crippen LogP contribution in [0.4, 0.5) is 0 Å². The second-order valence-electron chi connectivity index (χ2n) is 11.8. The quantitative estimate of drug-likeness (QED) is 0.0442. The van der Waals surface area contributed by atoms with Gasteiger partial charge in [-0.1, -0.05) is 128 Å². The normalized spacial score (nSPS) is 15.0. The van der Waals surface area contributed by atoms with Crippen LogP contribution < -0.4 is 5.32 Å². The highest BCUT2D eigenvalue weighted by Crippen LogP contribution is 2.13. The van der Waals surface area contributed by atoms with E-state index in [1.54, 1.807) is 0 Å². The molecule has 0 saturated heterocycles. The van der Waals surface area contributed by atoms with Gasteiger partial charge in [0.15, 0.2) is 0 Å². The Bertz CT molecular complexity index is 624. The fraction of sp³-hybridized carbons (Fsp3) is 0.857. The van der Waals surface area contributed by atoms with Crippen molar-refractivity contribution < 1.29 is 25.2 Å². The number of hydrogen-bond acceptors (Lipinski definition) is 5. The van der Waals surface area contributed by atoms with Crippen LogP contribution in [0, 0.1) is 0 Å². The summed E-state index contributed by atoms with van der Waals surface area (Å²) in [5.41, 5.74) is 0. The Balaban J connectivity index is 3.81. The fourth-order valence-electron chi connectivity index (χ4n) is 5.03. The third-order valence-corrected chi connectivity index (χ3v) is 7.88. The van der Waals surface area contributed by atoms with E-state index in [0.29, 0.717) is 19.3 Å². The molecule has 41 heavy (non-hydrogen) atoms. The van der Waals surface area contributed by atoms with Crippen molar-refractivity contribution in [2.45, 2.75) is 186 Å². The molecule has 4 unspecified atom stereocenters. The predicted molar refractivity (Wildman–Crippen MR) is 173 cm³/mol. The van der Waals surface area contributed by atoms with E-state index in [4.69, 9.17) is 0 Å². The Morgan fingerprint density at radius 2 is 1.02 bits per heavy atom. The van der Waals surface area contributed by atoms with Gasteiger partial charge in [-0.15, -0.1) is 0 Å². The Morgan fingerprint density at radius 3 is 1.54 bits per heavy atom. The summed E-state index contributed by atoms with van der Waals surface area (Å²) in [6.45, 7) is 3.92. The maximum atomic E-state index is 12.4. The summed E-state index contributed by atoms with van der Waals surface area (Å²) in [6, 6.07) is -0.999. The number of unbranched alkanes of at least 4 members (excludes halogenated alkanes) is 17. The zero-order chi connectivity index (χ0) is 30.4. The highest BCUT2D eigenvalue weighted by Gasteiger charge is 2.28. The van der Waals surface area contributed by atoms with Crippen LogP contribution in [0.5, 0.6) is 0 Å². The second-order valence-corrected chi connectivity index (χ2v) is 11.8. The maximum absolute atomic E-state index is 12.4. The Morgan fingerprint density at radius 1 is 0.585 bits per heavy atom. The molecule has 0 aromatic carbocycles. The van der Waals surface area contributed by atoms with Crippen LogP contribution >= 0.6 is 0 Å². The molecule has 242 valence electrons. The molecule has 6 nitrogen and oxygen atoms in total. The largest absolute Gasteiger partial charge is 0.394 e. The highest BCUT2D eigenvalue weighted by atomic mass is 16.3. The lowest BCUT2D eigenvalue weighted by molar-refractivity contribution is -0.132. The molecule has 5 N–H and O–H groups in total. The molecule has 0 aliphatic rings. The summed E-state index contributed by atoms with van der Waals surface area (Å²) in [5.74, 6) is -0.604. The van der Waals surface area contributed by atoms with Crippen LogP contribution in [0.25, 0.3) is 0 Å². The topological polar surface area (TPSA) is 110 Å². The summed E-state index contributed by atoms with van der Waals surface area (Å²) in [5, 5.41) is 43.0.